The first-order chi connectivity index (χ1) is 25.1. The van der Waals surface area contributed by atoms with E-state index in [0.717, 1.165) is 52.2 Å². The fourth-order valence-corrected chi connectivity index (χ4v) is 9.42. The number of ether oxygens (including phenoxy) is 4. The average Bonchev–Trinajstić information content (AvgIpc) is 3.38. The van der Waals surface area contributed by atoms with E-state index in [2.05, 4.69) is 20.1 Å². The second-order valence-electron chi connectivity index (χ2n) is 13.2. The van der Waals surface area contributed by atoms with Crippen LogP contribution in [0.4, 0.5) is 10.5 Å². The maximum absolute atomic E-state index is 15.2. The predicted molar refractivity (Wildman–Crippen MR) is 193 cm³/mol. The zero-order valence-corrected chi connectivity index (χ0v) is 31.0. The molecule has 0 spiro atoms. The molecule has 0 saturated carbocycles. The van der Waals surface area contributed by atoms with E-state index in [9.17, 15) is 13.2 Å². The van der Waals surface area contributed by atoms with Crippen molar-refractivity contribution in [1.29, 1.82) is 0 Å². The largest absolute Gasteiger partial charge is 0.497 e. The number of piperidine rings is 1. The van der Waals surface area contributed by atoms with Crippen LogP contribution in [-0.4, -0.2) is 125 Å². The number of anilines is 1. The van der Waals surface area contributed by atoms with Crippen molar-refractivity contribution in [2.45, 2.75) is 42.3 Å². The Morgan fingerprint density at radius 2 is 1.67 bits per heavy atom. The van der Waals surface area contributed by atoms with E-state index in [4.69, 9.17) is 30.5 Å². The molecule has 4 aliphatic heterocycles. The van der Waals surface area contributed by atoms with Crippen molar-refractivity contribution < 1.29 is 37.0 Å². The number of hydrogen-bond donors (Lipinski definition) is 1. The summed E-state index contributed by atoms with van der Waals surface area (Å²) in [7, 11) is -1.88. The second kappa shape index (κ2) is 14.7. The molecule has 0 bridgehead atoms. The lowest BCUT2D eigenvalue weighted by atomic mass is 9.84. The third-order valence-corrected chi connectivity index (χ3v) is 12.5. The Bertz CT molecular complexity index is 1930. The summed E-state index contributed by atoms with van der Waals surface area (Å²) in [4.78, 5) is 40.4. The van der Waals surface area contributed by atoms with Crippen molar-refractivity contribution in [3.05, 3.63) is 70.9 Å². The minimum atomic E-state index is -4.66. The monoisotopic (exact) mass is 754 g/mol. The minimum absolute atomic E-state index is 0.0187. The van der Waals surface area contributed by atoms with E-state index in [1.807, 2.05) is 0 Å². The number of aromatic nitrogens is 1. The number of fused-ring (bicyclic) bond motifs is 1. The molecule has 5 heterocycles. The molecule has 3 fully saturated rings. The second-order valence-corrected chi connectivity index (χ2v) is 15.4. The maximum Gasteiger partial charge on any atom is 0.318 e. The van der Waals surface area contributed by atoms with Gasteiger partial charge in [0.1, 0.15) is 16.4 Å². The molecule has 1 atom stereocenters. The lowest BCUT2D eigenvalue weighted by Crippen LogP contribution is -2.61. The number of methoxy groups -OCH3 is 2. The predicted octanol–water partition coefficient (Wildman–Crippen LogP) is 3.32. The fourth-order valence-electron chi connectivity index (χ4n) is 7.64. The minimum Gasteiger partial charge on any atom is -0.497 e. The molecular formula is C36H43ClN6O8S. The third-order valence-electron chi connectivity index (χ3n) is 10.5. The summed E-state index contributed by atoms with van der Waals surface area (Å²) in [6.07, 6.45) is 3.03. The Hall–Kier alpha value is -4.15. The highest BCUT2D eigenvalue weighted by atomic mass is 35.5. The quantitative estimate of drug-likeness (QED) is 0.326. The molecular weight excluding hydrogens is 712 g/mol. The number of hydrogen-bond acceptors (Lipinski definition) is 11. The molecule has 0 aliphatic carbocycles. The number of carbonyl (C=O) groups is 2. The highest BCUT2D eigenvalue weighted by molar-refractivity contribution is 7.93. The van der Waals surface area contributed by atoms with Gasteiger partial charge in [-0.05, 0) is 62.2 Å². The molecule has 1 N–H and O–H groups in total. The molecule has 1 aromatic heterocycles. The van der Waals surface area contributed by atoms with E-state index in [-0.39, 0.29) is 45.0 Å². The van der Waals surface area contributed by atoms with Crippen LogP contribution in [0.1, 0.15) is 30.9 Å². The van der Waals surface area contributed by atoms with Gasteiger partial charge in [0.05, 0.1) is 51.3 Å². The molecule has 3 aromatic rings. The highest BCUT2D eigenvalue weighted by Crippen LogP contribution is 2.50. The molecule has 4 aliphatic rings. The summed E-state index contributed by atoms with van der Waals surface area (Å²) < 4.78 is 51.9. The van der Waals surface area contributed by atoms with E-state index >= 15 is 4.79 Å². The first-order valence-electron chi connectivity index (χ1n) is 17.5. The van der Waals surface area contributed by atoms with Crippen LogP contribution in [-0.2, 0) is 25.1 Å². The van der Waals surface area contributed by atoms with Crippen LogP contribution in [0.3, 0.4) is 0 Å². The van der Waals surface area contributed by atoms with Gasteiger partial charge < -0.3 is 29.2 Å². The number of rotatable bonds is 10. The Morgan fingerprint density at radius 1 is 0.962 bits per heavy atom. The Labute approximate surface area is 308 Å². The first-order valence-corrected chi connectivity index (χ1v) is 19.3. The Kier molecular flexibility index (Phi) is 10.2. The molecule has 2 aromatic carbocycles. The zero-order valence-electron chi connectivity index (χ0n) is 29.4. The topological polar surface area (TPSA) is 143 Å². The number of likely N-dealkylation sites (tertiary alicyclic amines) is 1. The average molecular weight is 755 g/mol. The molecule has 278 valence electrons. The van der Waals surface area contributed by atoms with Crippen molar-refractivity contribution in [3.63, 3.8) is 0 Å². The molecule has 3 saturated heterocycles. The summed E-state index contributed by atoms with van der Waals surface area (Å²) in [6.45, 7) is 8.41. The van der Waals surface area contributed by atoms with Gasteiger partial charge in [-0.1, -0.05) is 11.6 Å². The molecule has 52 heavy (non-hydrogen) atoms. The molecule has 0 radical (unpaired) electrons. The summed E-state index contributed by atoms with van der Waals surface area (Å²) in [5.41, 5.74) is -1.73. The van der Waals surface area contributed by atoms with E-state index < -0.39 is 27.5 Å². The van der Waals surface area contributed by atoms with Gasteiger partial charge >= 0.3 is 6.03 Å². The van der Waals surface area contributed by atoms with Crippen molar-refractivity contribution >= 4 is 39.2 Å². The molecule has 14 nitrogen and oxygen atoms in total. The number of urea groups is 1. The van der Waals surface area contributed by atoms with Gasteiger partial charge in [-0.3, -0.25) is 14.6 Å². The maximum atomic E-state index is 15.2. The fraction of sp³-hybridized carbons (Fsp3) is 0.472. The number of piperazine rings is 1. The van der Waals surface area contributed by atoms with Gasteiger partial charge in [-0.15, -0.1) is 0 Å². The molecule has 0 unspecified atom stereocenters. The van der Waals surface area contributed by atoms with Crippen molar-refractivity contribution in [2.24, 2.45) is 0 Å². The number of carbonyl (C=O) groups excluding carboxylic acids is 2. The number of amides is 3. The van der Waals surface area contributed by atoms with Crippen LogP contribution >= 0.6 is 11.6 Å². The lowest BCUT2D eigenvalue weighted by molar-refractivity contribution is -0.121. The Morgan fingerprint density at radius 3 is 2.31 bits per heavy atom. The molecule has 16 heteroatoms. The van der Waals surface area contributed by atoms with Gasteiger partial charge in [0.15, 0.2) is 5.54 Å². The van der Waals surface area contributed by atoms with Crippen molar-refractivity contribution in [1.82, 2.24) is 25.0 Å². The van der Waals surface area contributed by atoms with Crippen LogP contribution in [0.15, 0.2) is 59.6 Å². The summed E-state index contributed by atoms with van der Waals surface area (Å²) in [5.74, 6) is -0.544. The van der Waals surface area contributed by atoms with Crippen molar-refractivity contribution in [3.8, 4) is 17.4 Å². The van der Waals surface area contributed by atoms with Crippen LogP contribution in [0.25, 0.3) is 0 Å². The van der Waals surface area contributed by atoms with Crippen LogP contribution < -0.4 is 23.8 Å². The first kappa shape index (κ1) is 36.2. The van der Waals surface area contributed by atoms with Gasteiger partial charge in [0.25, 0.3) is 15.9 Å². The number of halogens is 1. The van der Waals surface area contributed by atoms with Crippen LogP contribution in [0.2, 0.25) is 5.02 Å². The lowest BCUT2D eigenvalue weighted by Gasteiger charge is -2.46. The number of benzene rings is 2. The van der Waals surface area contributed by atoms with E-state index in [1.165, 1.54) is 56.8 Å². The summed E-state index contributed by atoms with van der Waals surface area (Å²) >= 11 is 6.56. The zero-order chi connectivity index (χ0) is 36.6. The number of sulfonamides is 1. The SMILES string of the molecule is CCOc1ncccc1[C@]1(NC(=O)N2CCC(N3CCN(C4COC4)CC3)CC2)C(=O)N(S(=O)(=O)c2ccc(OC)cc2OC)c2ccc(Cl)cc21. The standard InChI is InChI=1S/C36H43ClN6O8S/c1-4-51-33-28(6-5-13-38-33)36(39-35(45)42-14-11-25(12-15-42)40-16-18-41(19-17-40)26-22-50-23-26)29-20-24(37)7-9-30(29)43(34(36)44)52(46,47)32-10-8-27(48-2)21-31(32)49-3/h5-10,13,20-21,25-26H,4,11-12,14-19,22-23H2,1-3H3,(H,39,45)/t36-/m1/s1. The van der Waals surface area contributed by atoms with Crippen molar-refractivity contribution in [2.75, 3.05) is 77.6 Å². The Balaban J connectivity index is 1.23. The smallest absolute Gasteiger partial charge is 0.318 e. The molecule has 3 amide bonds. The van der Waals surface area contributed by atoms with Gasteiger partial charge in [0, 0.05) is 68.2 Å². The van der Waals surface area contributed by atoms with E-state index in [1.54, 1.807) is 24.0 Å². The normalized spacial score (nSPS) is 21.8. The summed E-state index contributed by atoms with van der Waals surface area (Å²) in [5, 5.41) is 3.24. The third kappa shape index (κ3) is 6.31. The van der Waals surface area contributed by atoms with Gasteiger partial charge in [-0.25, -0.2) is 18.2 Å². The van der Waals surface area contributed by atoms with Gasteiger partial charge in [-0.2, -0.15) is 4.31 Å². The van der Waals surface area contributed by atoms with Crippen LogP contribution in [0.5, 0.6) is 17.4 Å². The number of pyridine rings is 1. The number of nitrogens with one attached hydrogen (secondary N) is 1. The number of nitrogens with zero attached hydrogens (tertiary/aromatic N) is 5. The van der Waals surface area contributed by atoms with E-state index in [0.29, 0.717) is 35.2 Å². The van der Waals surface area contributed by atoms with Gasteiger partial charge in [0.2, 0.25) is 5.88 Å². The summed E-state index contributed by atoms with van der Waals surface area (Å²) in [6, 6.07) is 12.2. The highest BCUT2D eigenvalue weighted by Gasteiger charge is 2.59. The molecule has 7 rings (SSSR count). The van der Waals surface area contributed by atoms with Crippen LogP contribution in [0, 0.1) is 0 Å².